The number of ether oxygens (including phenoxy) is 1. The van der Waals surface area contributed by atoms with Crippen molar-refractivity contribution in [2.75, 3.05) is 25.5 Å². The zero-order chi connectivity index (χ0) is 23.1. The number of nitrogens with one attached hydrogen (secondary N) is 2. The highest BCUT2D eigenvalue weighted by atomic mass is 32.2. The van der Waals surface area contributed by atoms with Crippen molar-refractivity contribution in [2.24, 2.45) is 0 Å². The minimum atomic E-state index is -3.69. The molecule has 0 radical (unpaired) electrons. The Bertz CT molecular complexity index is 1040. The molecule has 1 aliphatic heterocycles. The predicted octanol–water partition coefficient (Wildman–Crippen LogP) is 2.52. The maximum atomic E-state index is 13.1. The van der Waals surface area contributed by atoms with E-state index in [2.05, 4.69) is 10.6 Å². The lowest BCUT2D eigenvalue weighted by Gasteiger charge is -2.34. The van der Waals surface area contributed by atoms with E-state index in [0.717, 1.165) is 12.8 Å². The minimum Gasteiger partial charge on any atom is -0.497 e. The van der Waals surface area contributed by atoms with Crippen molar-refractivity contribution in [3.63, 3.8) is 0 Å². The van der Waals surface area contributed by atoms with E-state index < -0.39 is 27.7 Å². The monoisotopic (exact) mass is 463 g/mol. The summed E-state index contributed by atoms with van der Waals surface area (Å²) in [5.74, 6) is -1.59. The third kappa shape index (κ3) is 5.83. The van der Waals surface area contributed by atoms with E-state index in [1.807, 2.05) is 0 Å². The summed E-state index contributed by atoms with van der Waals surface area (Å²) >= 11 is 0. The van der Waals surface area contributed by atoms with Crippen molar-refractivity contribution in [3.05, 3.63) is 54.3 Å². The van der Waals surface area contributed by atoms with Crippen LogP contribution in [0.25, 0.3) is 0 Å². The van der Waals surface area contributed by atoms with Gasteiger partial charge in [0.1, 0.15) is 11.6 Å². The molecule has 0 bridgehead atoms. The van der Waals surface area contributed by atoms with Crippen LogP contribution in [-0.4, -0.2) is 50.8 Å². The third-order valence-electron chi connectivity index (χ3n) is 5.31. The fourth-order valence-electron chi connectivity index (χ4n) is 3.62. The van der Waals surface area contributed by atoms with Crippen LogP contribution in [0.15, 0.2) is 53.4 Å². The molecule has 32 heavy (non-hydrogen) atoms. The van der Waals surface area contributed by atoms with Gasteiger partial charge in [0.15, 0.2) is 0 Å². The first kappa shape index (κ1) is 23.7. The lowest BCUT2D eigenvalue weighted by Crippen LogP contribution is -2.45. The van der Waals surface area contributed by atoms with Crippen LogP contribution in [0.5, 0.6) is 5.75 Å². The Morgan fingerprint density at radius 3 is 2.41 bits per heavy atom. The van der Waals surface area contributed by atoms with E-state index in [4.69, 9.17) is 4.74 Å². The number of hydrogen-bond donors (Lipinski definition) is 2. The Hall–Kier alpha value is -2.98. The summed E-state index contributed by atoms with van der Waals surface area (Å²) in [6.45, 7) is 0.549. The number of methoxy groups -OCH3 is 1. The standard InChI is InChI=1S/C22H26FN3O5S/c1-31-19-9-11-20(12-10-19)32(29,30)26-15-3-2-4-18(26)13-14-24-21(27)22(28)25-17-7-5-16(23)6-8-17/h5-12,18H,2-4,13-15H2,1H3,(H,24,27)(H,25,28)/t18-/m1/s1. The van der Waals surface area contributed by atoms with Gasteiger partial charge in [0.2, 0.25) is 10.0 Å². The van der Waals surface area contributed by atoms with Crippen LogP contribution in [0.1, 0.15) is 25.7 Å². The number of piperidine rings is 1. The van der Waals surface area contributed by atoms with Crippen molar-refractivity contribution in [3.8, 4) is 5.75 Å². The molecule has 2 aromatic carbocycles. The molecule has 2 aromatic rings. The number of sulfonamides is 1. The van der Waals surface area contributed by atoms with Gasteiger partial charge in [0, 0.05) is 24.8 Å². The van der Waals surface area contributed by atoms with Crippen molar-refractivity contribution in [1.82, 2.24) is 9.62 Å². The molecule has 8 nitrogen and oxygen atoms in total. The number of hydrogen-bond acceptors (Lipinski definition) is 5. The molecule has 0 saturated carbocycles. The topological polar surface area (TPSA) is 105 Å². The number of nitrogens with zero attached hydrogens (tertiary/aromatic N) is 1. The summed E-state index contributed by atoms with van der Waals surface area (Å²) in [7, 11) is -2.18. The zero-order valence-electron chi connectivity index (χ0n) is 17.7. The normalized spacial score (nSPS) is 16.9. The number of benzene rings is 2. The molecule has 0 aromatic heterocycles. The summed E-state index contributed by atoms with van der Waals surface area (Å²) in [5, 5.41) is 4.91. The van der Waals surface area contributed by atoms with Crippen LogP contribution in [-0.2, 0) is 19.6 Å². The van der Waals surface area contributed by atoms with Gasteiger partial charge in [0.25, 0.3) is 0 Å². The number of carbonyl (C=O) groups is 2. The first-order valence-electron chi connectivity index (χ1n) is 10.3. The predicted molar refractivity (Wildman–Crippen MR) is 117 cm³/mol. The van der Waals surface area contributed by atoms with Crippen LogP contribution >= 0.6 is 0 Å². The van der Waals surface area contributed by atoms with Gasteiger partial charge in [-0.15, -0.1) is 0 Å². The number of halogens is 1. The Balaban J connectivity index is 1.57. The van der Waals surface area contributed by atoms with Crippen LogP contribution in [0.3, 0.4) is 0 Å². The van der Waals surface area contributed by atoms with E-state index in [-0.39, 0.29) is 17.5 Å². The van der Waals surface area contributed by atoms with Crippen molar-refractivity contribution < 1.29 is 27.1 Å². The highest BCUT2D eigenvalue weighted by molar-refractivity contribution is 7.89. The first-order valence-corrected chi connectivity index (χ1v) is 11.8. The third-order valence-corrected chi connectivity index (χ3v) is 7.28. The molecule has 1 fully saturated rings. The second-order valence-corrected chi connectivity index (χ2v) is 9.34. The zero-order valence-corrected chi connectivity index (χ0v) is 18.5. The molecule has 2 N–H and O–H groups in total. The molecule has 0 aliphatic carbocycles. The molecular weight excluding hydrogens is 437 g/mol. The molecule has 0 unspecified atom stereocenters. The first-order chi connectivity index (χ1) is 15.3. The minimum absolute atomic E-state index is 0.148. The lowest BCUT2D eigenvalue weighted by molar-refractivity contribution is -0.136. The van der Waals surface area contributed by atoms with Gasteiger partial charge in [-0.2, -0.15) is 4.31 Å². The molecule has 10 heteroatoms. The van der Waals surface area contributed by atoms with Gasteiger partial charge < -0.3 is 15.4 Å². The molecule has 3 rings (SSSR count). The Morgan fingerprint density at radius 2 is 1.75 bits per heavy atom. The van der Waals surface area contributed by atoms with Gasteiger partial charge in [0.05, 0.1) is 12.0 Å². The molecular formula is C22H26FN3O5S. The molecule has 0 spiro atoms. The highest BCUT2D eigenvalue weighted by Gasteiger charge is 2.33. The van der Waals surface area contributed by atoms with Crippen molar-refractivity contribution in [2.45, 2.75) is 36.6 Å². The highest BCUT2D eigenvalue weighted by Crippen LogP contribution is 2.27. The van der Waals surface area contributed by atoms with Crippen LogP contribution in [0.2, 0.25) is 0 Å². The molecule has 1 aliphatic rings. The Kier molecular flexibility index (Phi) is 7.81. The summed E-state index contributed by atoms with van der Waals surface area (Å²) in [6, 6.07) is 11.0. The van der Waals surface area contributed by atoms with Gasteiger partial charge in [-0.25, -0.2) is 12.8 Å². The number of anilines is 1. The van der Waals surface area contributed by atoms with Crippen LogP contribution < -0.4 is 15.4 Å². The molecule has 1 heterocycles. The Morgan fingerprint density at radius 1 is 1.06 bits per heavy atom. The van der Waals surface area contributed by atoms with Gasteiger partial charge in [-0.05, 0) is 67.8 Å². The number of amides is 2. The van der Waals surface area contributed by atoms with Gasteiger partial charge >= 0.3 is 11.8 Å². The van der Waals surface area contributed by atoms with E-state index >= 15 is 0 Å². The van der Waals surface area contributed by atoms with E-state index in [9.17, 15) is 22.4 Å². The van der Waals surface area contributed by atoms with Crippen molar-refractivity contribution in [1.29, 1.82) is 0 Å². The van der Waals surface area contributed by atoms with Gasteiger partial charge in [-0.1, -0.05) is 6.42 Å². The molecule has 1 atom stereocenters. The fourth-order valence-corrected chi connectivity index (χ4v) is 5.34. The summed E-state index contributed by atoms with van der Waals surface area (Å²) < 4.78 is 45.8. The fraction of sp³-hybridized carbons (Fsp3) is 0.364. The summed E-state index contributed by atoms with van der Waals surface area (Å²) in [4.78, 5) is 24.3. The smallest absolute Gasteiger partial charge is 0.313 e. The second-order valence-electron chi connectivity index (χ2n) is 7.45. The number of rotatable bonds is 7. The second kappa shape index (κ2) is 10.6. The number of carbonyl (C=O) groups excluding carboxylic acids is 2. The Labute approximate surface area is 186 Å². The average Bonchev–Trinajstić information content (AvgIpc) is 2.80. The van der Waals surface area contributed by atoms with E-state index in [1.165, 1.54) is 47.8 Å². The van der Waals surface area contributed by atoms with Crippen LogP contribution in [0, 0.1) is 5.82 Å². The maximum Gasteiger partial charge on any atom is 0.313 e. The van der Waals surface area contributed by atoms with E-state index in [0.29, 0.717) is 30.8 Å². The van der Waals surface area contributed by atoms with Crippen molar-refractivity contribution >= 4 is 27.5 Å². The summed E-state index contributed by atoms with van der Waals surface area (Å²) in [6.07, 6.45) is 2.70. The SMILES string of the molecule is COc1ccc(S(=O)(=O)N2CCCC[C@@H]2CCNC(=O)C(=O)Nc2ccc(F)cc2)cc1. The van der Waals surface area contributed by atoms with Gasteiger partial charge in [-0.3, -0.25) is 9.59 Å². The maximum absolute atomic E-state index is 13.1. The largest absolute Gasteiger partial charge is 0.497 e. The lowest BCUT2D eigenvalue weighted by atomic mass is 10.0. The summed E-state index contributed by atoms with van der Waals surface area (Å²) in [5.41, 5.74) is 0.301. The average molecular weight is 464 g/mol. The van der Waals surface area contributed by atoms with Crippen LogP contribution in [0.4, 0.5) is 10.1 Å². The molecule has 1 saturated heterocycles. The quantitative estimate of drug-likeness (QED) is 0.614. The van der Waals surface area contributed by atoms with E-state index in [1.54, 1.807) is 12.1 Å². The molecule has 2 amide bonds. The molecule has 172 valence electrons.